The topological polar surface area (TPSA) is 56.7 Å². The fourth-order valence-corrected chi connectivity index (χ4v) is 4.14. The minimum atomic E-state index is 0.0430. The van der Waals surface area contributed by atoms with Gasteiger partial charge in [0.05, 0.1) is 0 Å². The SMILES string of the molecule is CCn1ncnc1CC(N)c1cc2c(s1)CCCCC2. The lowest BCUT2D eigenvalue weighted by Crippen LogP contribution is -2.15. The summed E-state index contributed by atoms with van der Waals surface area (Å²) in [5, 5.41) is 4.21. The highest BCUT2D eigenvalue weighted by Gasteiger charge is 2.18. The Morgan fingerprint density at radius 2 is 2.20 bits per heavy atom. The van der Waals surface area contributed by atoms with E-state index in [0.717, 1.165) is 18.8 Å². The first kappa shape index (κ1) is 13.8. The number of nitrogens with zero attached hydrogens (tertiary/aromatic N) is 3. The molecule has 0 amide bonds. The predicted octanol–water partition coefficient (Wildman–Crippen LogP) is 2.87. The van der Waals surface area contributed by atoms with Gasteiger partial charge < -0.3 is 5.73 Å². The number of fused-ring (bicyclic) bond motifs is 1. The van der Waals surface area contributed by atoms with Crippen LogP contribution >= 0.6 is 11.3 Å². The fourth-order valence-electron chi connectivity index (χ4n) is 2.88. The maximum Gasteiger partial charge on any atom is 0.138 e. The first-order chi connectivity index (χ1) is 9.78. The van der Waals surface area contributed by atoms with Crippen molar-refractivity contribution in [1.29, 1.82) is 0 Å². The zero-order valence-corrected chi connectivity index (χ0v) is 12.8. The molecule has 2 N–H and O–H groups in total. The van der Waals surface area contributed by atoms with Crippen molar-refractivity contribution in [1.82, 2.24) is 14.8 Å². The summed E-state index contributed by atoms with van der Waals surface area (Å²) in [5.41, 5.74) is 7.93. The average Bonchev–Trinajstić information content (AvgIpc) is 3.00. The molecule has 1 unspecified atom stereocenters. The van der Waals surface area contributed by atoms with Gasteiger partial charge in [-0.15, -0.1) is 11.3 Å². The first-order valence-electron chi connectivity index (χ1n) is 7.51. The van der Waals surface area contributed by atoms with Gasteiger partial charge in [-0.25, -0.2) is 4.98 Å². The molecule has 0 bridgehead atoms. The molecule has 0 saturated carbocycles. The van der Waals surface area contributed by atoms with E-state index in [2.05, 4.69) is 23.1 Å². The summed E-state index contributed by atoms with van der Waals surface area (Å²) in [6.45, 7) is 2.93. The van der Waals surface area contributed by atoms with Gasteiger partial charge in [-0.2, -0.15) is 5.10 Å². The normalized spacial score (nSPS) is 16.7. The van der Waals surface area contributed by atoms with Crippen molar-refractivity contribution >= 4 is 11.3 Å². The summed E-state index contributed by atoms with van der Waals surface area (Å²) in [6, 6.07) is 2.38. The molecule has 108 valence electrons. The van der Waals surface area contributed by atoms with E-state index in [-0.39, 0.29) is 6.04 Å². The minimum absolute atomic E-state index is 0.0430. The molecule has 5 heteroatoms. The number of rotatable bonds is 4. The second kappa shape index (κ2) is 6.06. The standard InChI is InChI=1S/C15H22N4S/c1-2-19-15(17-10-18-19)9-12(16)14-8-11-6-4-3-5-7-13(11)20-14/h8,10,12H,2-7,9,16H2,1H3. The van der Waals surface area contributed by atoms with Gasteiger partial charge in [0.25, 0.3) is 0 Å². The van der Waals surface area contributed by atoms with Crippen molar-refractivity contribution in [3.05, 3.63) is 33.5 Å². The van der Waals surface area contributed by atoms with Gasteiger partial charge >= 0.3 is 0 Å². The summed E-state index contributed by atoms with van der Waals surface area (Å²) < 4.78 is 1.93. The second-order valence-electron chi connectivity index (χ2n) is 5.46. The number of aromatic nitrogens is 3. The van der Waals surface area contributed by atoms with E-state index in [1.165, 1.54) is 42.5 Å². The van der Waals surface area contributed by atoms with Crippen LogP contribution in [0.25, 0.3) is 0 Å². The third-order valence-electron chi connectivity index (χ3n) is 4.03. The molecule has 2 aromatic rings. The molecular weight excluding hydrogens is 268 g/mol. The predicted molar refractivity (Wildman–Crippen MR) is 81.9 cm³/mol. The lowest BCUT2D eigenvalue weighted by molar-refractivity contribution is 0.584. The van der Waals surface area contributed by atoms with E-state index < -0.39 is 0 Å². The lowest BCUT2D eigenvalue weighted by Gasteiger charge is -2.09. The molecule has 1 aliphatic rings. The van der Waals surface area contributed by atoms with Crippen LogP contribution < -0.4 is 5.73 Å². The van der Waals surface area contributed by atoms with E-state index >= 15 is 0 Å². The average molecular weight is 290 g/mol. The van der Waals surface area contributed by atoms with Crippen molar-refractivity contribution in [3.63, 3.8) is 0 Å². The van der Waals surface area contributed by atoms with Gasteiger partial charge in [0.15, 0.2) is 0 Å². The summed E-state index contributed by atoms with van der Waals surface area (Å²) in [7, 11) is 0. The van der Waals surface area contributed by atoms with E-state index in [9.17, 15) is 0 Å². The summed E-state index contributed by atoms with van der Waals surface area (Å²) in [4.78, 5) is 7.19. The molecule has 1 aliphatic carbocycles. The van der Waals surface area contributed by atoms with E-state index in [4.69, 9.17) is 5.73 Å². The van der Waals surface area contributed by atoms with Crippen LogP contribution in [0.5, 0.6) is 0 Å². The van der Waals surface area contributed by atoms with Gasteiger partial charge in [-0.05, 0) is 44.2 Å². The third-order valence-corrected chi connectivity index (χ3v) is 5.40. The summed E-state index contributed by atoms with van der Waals surface area (Å²) in [6.07, 6.45) is 8.86. The Morgan fingerprint density at radius 3 is 3.05 bits per heavy atom. The fraction of sp³-hybridized carbons (Fsp3) is 0.600. The molecule has 0 radical (unpaired) electrons. The zero-order valence-electron chi connectivity index (χ0n) is 12.0. The minimum Gasteiger partial charge on any atom is -0.323 e. The Balaban J connectivity index is 1.75. The molecule has 0 spiro atoms. The number of aryl methyl sites for hydroxylation is 3. The number of hydrogen-bond acceptors (Lipinski definition) is 4. The van der Waals surface area contributed by atoms with Crippen LogP contribution in [0.15, 0.2) is 12.4 Å². The number of thiophene rings is 1. The molecule has 4 nitrogen and oxygen atoms in total. The van der Waals surface area contributed by atoms with Crippen molar-refractivity contribution < 1.29 is 0 Å². The molecule has 20 heavy (non-hydrogen) atoms. The Labute approximate surface area is 124 Å². The monoisotopic (exact) mass is 290 g/mol. The smallest absolute Gasteiger partial charge is 0.138 e. The van der Waals surface area contributed by atoms with Crippen LogP contribution in [0.2, 0.25) is 0 Å². The molecule has 0 aliphatic heterocycles. The molecule has 2 heterocycles. The molecule has 1 atom stereocenters. The molecular formula is C15H22N4S. The third kappa shape index (κ3) is 2.79. The van der Waals surface area contributed by atoms with Crippen molar-refractivity contribution in [3.8, 4) is 0 Å². The molecule has 0 fully saturated rings. The van der Waals surface area contributed by atoms with E-state index in [0.29, 0.717) is 0 Å². The quantitative estimate of drug-likeness (QED) is 0.881. The van der Waals surface area contributed by atoms with Crippen LogP contribution in [0.1, 0.15) is 53.4 Å². The van der Waals surface area contributed by atoms with Gasteiger partial charge in [0.1, 0.15) is 12.2 Å². The summed E-state index contributed by atoms with van der Waals surface area (Å²) >= 11 is 1.91. The molecule has 2 aromatic heterocycles. The van der Waals surface area contributed by atoms with Gasteiger partial charge in [-0.1, -0.05) is 6.42 Å². The first-order valence-corrected chi connectivity index (χ1v) is 8.33. The Bertz CT molecular complexity index is 549. The highest BCUT2D eigenvalue weighted by Crippen LogP contribution is 2.32. The van der Waals surface area contributed by atoms with Crippen LogP contribution in [0.3, 0.4) is 0 Å². The maximum atomic E-state index is 6.39. The van der Waals surface area contributed by atoms with Crippen molar-refractivity contribution in [2.45, 2.75) is 58.0 Å². The molecule has 3 rings (SSSR count). The highest BCUT2D eigenvalue weighted by molar-refractivity contribution is 7.12. The Hall–Kier alpha value is -1.20. The molecule has 0 saturated heterocycles. The lowest BCUT2D eigenvalue weighted by atomic mass is 10.1. The Morgan fingerprint density at radius 1 is 1.35 bits per heavy atom. The highest BCUT2D eigenvalue weighted by atomic mass is 32.1. The van der Waals surface area contributed by atoms with E-state index in [1.807, 2.05) is 16.0 Å². The van der Waals surface area contributed by atoms with Crippen molar-refractivity contribution in [2.75, 3.05) is 0 Å². The van der Waals surface area contributed by atoms with Crippen LogP contribution in [0.4, 0.5) is 0 Å². The van der Waals surface area contributed by atoms with Crippen LogP contribution in [-0.4, -0.2) is 14.8 Å². The Kier molecular flexibility index (Phi) is 4.17. The maximum absolute atomic E-state index is 6.39. The van der Waals surface area contributed by atoms with Gasteiger partial charge in [-0.3, -0.25) is 4.68 Å². The van der Waals surface area contributed by atoms with Gasteiger partial charge in [0, 0.05) is 28.8 Å². The van der Waals surface area contributed by atoms with Crippen LogP contribution in [0, 0.1) is 0 Å². The van der Waals surface area contributed by atoms with Gasteiger partial charge in [0.2, 0.25) is 0 Å². The number of nitrogens with two attached hydrogens (primary N) is 1. The second-order valence-corrected chi connectivity index (χ2v) is 6.63. The summed E-state index contributed by atoms with van der Waals surface area (Å²) in [5.74, 6) is 0.989. The van der Waals surface area contributed by atoms with Crippen LogP contribution in [-0.2, 0) is 25.8 Å². The zero-order chi connectivity index (χ0) is 13.9. The largest absolute Gasteiger partial charge is 0.323 e. The van der Waals surface area contributed by atoms with Crippen molar-refractivity contribution in [2.24, 2.45) is 5.73 Å². The van der Waals surface area contributed by atoms with E-state index in [1.54, 1.807) is 11.2 Å². The number of hydrogen-bond donors (Lipinski definition) is 1. The molecule has 0 aromatic carbocycles.